The molecule has 15 heavy (non-hydrogen) atoms. The standard InChI is InChI=1S/C13H26N2/c1-12-5-3-7-14(9-12)11-15-8-4-6-13(2)10-15/h12-13H,3-11H2,1-2H3/p+2/t12-,13+. The molecule has 2 saturated heterocycles. The van der Waals surface area contributed by atoms with Crippen molar-refractivity contribution in [2.75, 3.05) is 32.8 Å². The summed E-state index contributed by atoms with van der Waals surface area (Å²) in [6.07, 6.45) is 5.85. The third-order valence-electron chi connectivity index (χ3n) is 4.23. The van der Waals surface area contributed by atoms with E-state index in [0.29, 0.717) is 0 Å². The van der Waals surface area contributed by atoms with Gasteiger partial charge in [-0.25, -0.2) is 0 Å². The largest absolute Gasteiger partial charge is 0.288 e. The highest BCUT2D eigenvalue weighted by Gasteiger charge is 2.26. The molecule has 88 valence electrons. The topological polar surface area (TPSA) is 8.88 Å². The second kappa shape index (κ2) is 5.31. The molecule has 2 nitrogen and oxygen atoms in total. The quantitative estimate of drug-likeness (QED) is 0.615. The lowest BCUT2D eigenvalue weighted by molar-refractivity contribution is -1.09. The van der Waals surface area contributed by atoms with E-state index in [0.717, 1.165) is 11.8 Å². The second-order valence-corrected chi connectivity index (χ2v) is 6.08. The van der Waals surface area contributed by atoms with Gasteiger partial charge in [-0.15, -0.1) is 0 Å². The molecule has 2 heteroatoms. The number of hydrogen-bond donors (Lipinski definition) is 2. The number of nitrogens with one attached hydrogen (secondary N) is 2. The van der Waals surface area contributed by atoms with Crippen LogP contribution in [0, 0.1) is 11.8 Å². The van der Waals surface area contributed by atoms with Crippen molar-refractivity contribution in [1.29, 1.82) is 0 Å². The zero-order chi connectivity index (χ0) is 10.7. The van der Waals surface area contributed by atoms with Crippen molar-refractivity contribution in [2.45, 2.75) is 39.5 Å². The highest BCUT2D eigenvalue weighted by Crippen LogP contribution is 2.05. The molecule has 0 aromatic heterocycles. The first-order valence-electron chi connectivity index (χ1n) is 6.91. The Bertz CT molecular complexity index is 173. The van der Waals surface area contributed by atoms with Gasteiger partial charge >= 0.3 is 0 Å². The Morgan fingerprint density at radius 1 is 0.867 bits per heavy atom. The fourth-order valence-corrected chi connectivity index (χ4v) is 3.47. The van der Waals surface area contributed by atoms with Gasteiger partial charge in [0.25, 0.3) is 0 Å². The highest BCUT2D eigenvalue weighted by atomic mass is 15.3. The zero-order valence-corrected chi connectivity index (χ0v) is 10.5. The van der Waals surface area contributed by atoms with Gasteiger partial charge in [-0.05, 0) is 25.7 Å². The van der Waals surface area contributed by atoms with Gasteiger partial charge in [-0.1, -0.05) is 13.8 Å². The van der Waals surface area contributed by atoms with Crippen LogP contribution in [0.1, 0.15) is 39.5 Å². The predicted octanol–water partition coefficient (Wildman–Crippen LogP) is -0.426. The minimum absolute atomic E-state index is 0.968. The van der Waals surface area contributed by atoms with E-state index in [9.17, 15) is 0 Å². The average Bonchev–Trinajstić information content (AvgIpc) is 2.17. The van der Waals surface area contributed by atoms with Gasteiger partial charge in [-0.3, -0.25) is 9.80 Å². The summed E-state index contributed by atoms with van der Waals surface area (Å²) in [5.41, 5.74) is 0. The number of rotatable bonds is 2. The van der Waals surface area contributed by atoms with Gasteiger partial charge in [0.15, 0.2) is 0 Å². The maximum absolute atomic E-state index is 2.42. The summed E-state index contributed by atoms with van der Waals surface area (Å²) < 4.78 is 0. The van der Waals surface area contributed by atoms with Crippen LogP contribution in [0.2, 0.25) is 0 Å². The van der Waals surface area contributed by atoms with Gasteiger partial charge in [0, 0.05) is 11.8 Å². The molecule has 2 heterocycles. The Hall–Kier alpha value is -0.0800. The Balaban J connectivity index is 1.75. The predicted molar refractivity (Wildman–Crippen MR) is 63.1 cm³/mol. The fourth-order valence-electron chi connectivity index (χ4n) is 3.47. The minimum atomic E-state index is 0.968. The summed E-state index contributed by atoms with van der Waals surface area (Å²) >= 11 is 0. The Kier molecular flexibility index (Phi) is 4.04. The van der Waals surface area contributed by atoms with Crippen LogP contribution in [0.15, 0.2) is 0 Å². The van der Waals surface area contributed by atoms with E-state index < -0.39 is 0 Å². The molecular formula is C13H28N2+2. The molecule has 0 aromatic rings. The van der Waals surface area contributed by atoms with Gasteiger partial charge in [0.1, 0.15) is 0 Å². The molecule has 2 unspecified atom stereocenters. The van der Waals surface area contributed by atoms with Crippen molar-refractivity contribution < 1.29 is 9.80 Å². The number of quaternary nitrogens is 2. The molecule has 0 aliphatic carbocycles. The molecule has 0 amide bonds. The normalized spacial score (nSPS) is 42.8. The lowest BCUT2D eigenvalue weighted by Gasteiger charge is -2.33. The molecule has 4 atom stereocenters. The Labute approximate surface area is 94.6 Å². The van der Waals surface area contributed by atoms with E-state index in [1.807, 2.05) is 9.80 Å². The van der Waals surface area contributed by atoms with Crippen molar-refractivity contribution in [3.63, 3.8) is 0 Å². The number of hydrogen-bond acceptors (Lipinski definition) is 0. The molecular weight excluding hydrogens is 184 g/mol. The maximum Gasteiger partial charge on any atom is 0.204 e. The van der Waals surface area contributed by atoms with E-state index >= 15 is 0 Å². The molecule has 2 aliphatic heterocycles. The molecule has 0 spiro atoms. The highest BCUT2D eigenvalue weighted by molar-refractivity contribution is 4.56. The minimum Gasteiger partial charge on any atom is -0.288 e. The van der Waals surface area contributed by atoms with Crippen LogP contribution >= 0.6 is 0 Å². The van der Waals surface area contributed by atoms with E-state index in [2.05, 4.69) is 13.8 Å². The van der Waals surface area contributed by atoms with Crippen LogP contribution < -0.4 is 9.80 Å². The number of piperidine rings is 2. The summed E-state index contributed by atoms with van der Waals surface area (Å²) in [6.45, 7) is 12.0. The van der Waals surface area contributed by atoms with Crippen molar-refractivity contribution in [1.82, 2.24) is 0 Å². The molecule has 2 fully saturated rings. The van der Waals surface area contributed by atoms with Crippen LogP contribution in [0.25, 0.3) is 0 Å². The van der Waals surface area contributed by atoms with Gasteiger partial charge in [-0.2, -0.15) is 0 Å². The molecule has 0 saturated carbocycles. The molecule has 0 aromatic carbocycles. The van der Waals surface area contributed by atoms with Crippen molar-refractivity contribution in [3.8, 4) is 0 Å². The molecule has 2 rings (SSSR count). The average molecular weight is 212 g/mol. The summed E-state index contributed by atoms with van der Waals surface area (Å²) in [4.78, 5) is 3.75. The zero-order valence-electron chi connectivity index (χ0n) is 10.5. The first-order valence-corrected chi connectivity index (χ1v) is 6.91. The second-order valence-electron chi connectivity index (χ2n) is 6.08. The monoisotopic (exact) mass is 212 g/mol. The lowest BCUT2D eigenvalue weighted by Crippen LogP contribution is -3.32. The van der Waals surface area contributed by atoms with E-state index in [4.69, 9.17) is 0 Å². The summed E-state index contributed by atoms with van der Waals surface area (Å²) in [6, 6.07) is 0. The summed E-state index contributed by atoms with van der Waals surface area (Å²) in [5, 5.41) is 0. The van der Waals surface area contributed by atoms with Crippen molar-refractivity contribution in [3.05, 3.63) is 0 Å². The third kappa shape index (κ3) is 3.46. The third-order valence-corrected chi connectivity index (χ3v) is 4.23. The molecule has 2 aliphatic rings. The van der Waals surface area contributed by atoms with Gasteiger partial charge in [0.2, 0.25) is 6.67 Å². The fraction of sp³-hybridized carbons (Fsp3) is 1.00. The van der Waals surface area contributed by atoms with Crippen LogP contribution in [-0.4, -0.2) is 32.8 Å². The SMILES string of the molecule is C[C@@H]1CCC[NH+](C[NH+]2CCC[C@H](C)C2)C1. The summed E-state index contributed by atoms with van der Waals surface area (Å²) in [5.74, 6) is 1.94. The lowest BCUT2D eigenvalue weighted by atomic mass is 9.99. The number of likely N-dealkylation sites (tertiary alicyclic amines) is 2. The van der Waals surface area contributed by atoms with Crippen molar-refractivity contribution >= 4 is 0 Å². The first kappa shape index (κ1) is 11.4. The molecule has 0 bridgehead atoms. The van der Waals surface area contributed by atoms with Gasteiger partial charge in [0.05, 0.1) is 26.2 Å². The Morgan fingerprint density at radius 2 is 1.33 bits per heavy atom. The van der Waals surface area contributed by atoms with Crippen LogP contribution in [0.5, 0.6) is 0 Å². The summed E-state index contributed by atoms with van der Waals surface area (Å²) in [7, 11) is 0. The molecule has 2 N–H and O–H groups in total. The van der Waals surface area contributed by atoms with Crippen LogP contribution in [-0.2, 0) is 0 Å². The van der Waals surface area contributed by atoms with Crippen molar-refractivity contribution in [2.24, 2.45) is 11.8 Å². The van der Waals surface area contributed by atoms with Crippen LogP contribution in [0.4, 0.5) is 0 Å². The van der Waals surface area contributed by atoms with Crippen LogP contribution in [0.3, 0.4) is 0 Å². The van der Waals surface area contributed by atoms with E-state index in [1.165, 1.54) is 58.5 Å². The van der Waals surface area contributed by atoms with Gasteiger partial charge < -0.3 is 0 Å². The molecule has 0 radical (unpaired) electrons. The Morgan fingerprint density at radius 3 is 1.73 bits per heavy atom. The smallest absolute Gasteiger partial charge is 0.204 e. The van der Waals surface area contributed by atoms with E-state index in [1.54, 1.807) is 0 Å². The maximum atomic E-state index is 2.42. The first-order chi connectivity index (χ1) is 7.24. The van der Waals surface area contributed by atoms with E-state index in [-0.39, 0.29) is 0 Å².